The number of carbonyl (C=O) groups excluding carboxylic acids is 2. The number of nitrogens with zero attached hydrogens (tertiary/aromatic N) is 1. The van der Waals surface area contributed by atoms with Gasteiger partial charge in [0, 0.05) is 6.54 Å². The summed E-state index contributed by atoms with van der Waals surface area (Å²) in [6.07, 6.45) is 2.47. The minimum Gasteiger partial charge on any atom is -0.467 e. The van der Waals surface area contributed by atoms with E-state index in [1.54, 1.807) is 0 Å². The van der Waals surface area contributed by atoms with Crippen molar-refractivity contribution in [1.82, 2.24) is 4.90 Å². The minimum absolute atomic E-state index is 0.381. The topological polar surface area (TPSA) is 46.6 Å². The van der Waals surface area contributed by atoms with Crippen molar-refractivity contribution in [3.63, 3.8) is 0 Å². The van der Waals surface area contributed by atoms with E-state index in [-0.39, 0.29) is 5.97 Å². The Balaban J connectivity index is 2.67. The molecule has 13 heavy (non-hydrogen) atoms. The molecule has 1 saturated heterocycles. The van der Waals surface area contributed by atoms with Crippen LogP contribution in [0.5, 0.6) is 0 Å². The van der Waals surface area contributed by atoms with Gasteiger partial charge in [-0.2, -0.15) is 0 Å². The maximum atomic E-state index is 11.2. The molecule has 0 aromatic heterocycles. The highest BCUT2D eigenvalue weighted by molar-refractivity contribution is 6.63. The van der Waals surface area contributed by atoms with Crippen LogP contribution >= 0.6 is 11.6 Å². The zero-order valence-corrected chi connectivity index (χ0v) is 8.21. The molecule has 0 N–H and O–H groups in total. The monoisotopic (exact) mass is 205 g/mol. The normalized spacial score (nSPS) is 22.6. The van der Waals surface area contributed by atoms with E-state index in [0.717, 1.165) is 12.8 Å². The molecule has 1 aliphatic heterocycles. The molecule has 1 atom stereocenters. The summed E-state index contributed by atoms with van der Waals surface area (Å²) in [5.41, 5.74) is 0. The molecule has 5 heteroatoms. The SMILES string of the molecule is COC(=O)[C@H]1CCCCN1C(=O)Cl. The van der Waals surface area contributed by atoms with Crippen LogP contribution in [-0.4, -0.2) is 35.9 Å². The molecule has 4 nitrogen and oxygen atoms in total. The molecule has 0 bridgehead atoms. The summed E-state index contributed by atoms with van der Waals surface area (Å²) in [5.74, 6) is -0.381. The first-order chi connectivity index (χ1) is 6.16. The van der Waals surface area contributed by atoms with Gasteiger partial charge in [0.15, 0.2) is 0 Å². The van der Waals surface area contributed by atoms with Gasteiger partial charge in [-0.3, -0.25) is 4.79 Å². The van der Waals surface area contributed by atoms with Gasteiger partial charge in [0.05, 0.1) is 7.11 Å². The number of carbonyl (C=O) groups is 2. The van der Waals surface area contributed by atoms with Crippen LogP contribution in [-0.2, 0) is 9.53 Å². The van der Waals surface area contributed by atoms with E-state index in [1.165, 1.54) is 12.0 Å². The van der Waals surface area contributed by atoms with E-state index in [1.807, 2.05) is 0 Å². The number of halogens is 1. The highest BCUT2D eigenvalue weighted by atomic mass is 35.5. The Bertz CT molecular complexity index is 219. The summed E-state index contributed by atoms with van der Waals surface area (Å²) in [5, 5.41) is -0.574. The molecular weight excluding hydrogens is 194 g/mol. The Morgan fingerprint density at radius 3 is 2.69 bits per heavy atom. The van der Waals surface area contributed by atoms with Crippen LogP contribution in [0.4, 0.5) is 4.79 Å². The third-order valence-electron chi connectivity index (χ3n) is 2.20. The number of rotatable bonds is 1. The summed E-state index contributed by atoms with van der Waals surface area (Å²) in [7, 11) is 1.31. The number of esters is 1. The third-order valence-corrected chi connectivity index (χ3v) is 2.42. The van der Waals surface area contributed by atoms with Crippen LogP contribution in [0.25, 0.3) is 0 Å². The lowest BCUT2D eigenvalue weighted by Crippen LogP contribution is -2.46. The summed E-state index contributed by atoms with van der Waals surface area (Å²) >= 11 is 5.33. The molecular formula is C8H12ClNO3. The molecule has 74 valence electrons. The fourth-order valence-corrected chi connectivity index (χ4v) is 1.73. The predicted molar refractivity (Wildman–Crippen MR) is 47.6 cm³/mol. The summed E-state index contributed by atoms with van der Waals surface area (Å²) in [6.45, 7) is 0.544. The zero-order chi connectivity index (χ0) is 9.84. The van der Waals surface area contributed by atoms with Gasteiger partial charge in [-0.25, -0.2) is 4.79 Å². The Morgan fingerprint density at radius 1 is 1.46 bits per heavy atom. The zero-order valence-electron chi connectivity index (χ0n) is 7.46. The van der Waals surface area contributed by atoms with Gasteiger partial charge < -0.3 is 9.64 Å². The summed E-state index contributed by atoms with van der Waals surface area (Å²) in [6, 6.07) is -0.483. The molecule has 1 fully saturated rings. The van der Waals surface area contributed by atoms with E-state index in [9.17, 15) is 9.59 Å². The molecule has 1 heterocycles. The van der Waals surface area contributed by atoms with E-state index in [2.05, 4.69) is 4.74 Å². The van der Waals surface area contributed by atoms with Crippen molar-refractivity contribution in [2.45, 2.75) is 25.3 Å². The average Bonchev–Trinajstić information content (AvgIpc) is 2.16. The molecule has 0 aromatic rings. The molecule has 0 radical (unpaired) electrons. The predicted octanol–water partition coefficient (Wildman–Crippen LogP) is 1.37. The van der Waals surface area contributed by atoms with E-state index in [0.29, 0.717) is 13.0 Å². The Kier molecular flexibility index (Phi) is 3.54. The maximum absolute atomic E-state index is 11.2. The van der Waals surface area contributed by atoms with Gasteiger partial charge in [0.25, 0.3) is 0 Å². The Morgan fingerprint density at radius 2 is 2.15 bits per heavy atom. The van der Waals surface area contributed by atoms with Crippen molar-refractivity contribution in [2.24, 2.45) is 0 Å². The molecule has 1 amide bonds. The third kappa shape index (κ3) is 2.34. The lowest BCUT2D eigenvalue weighted by molar-refractivity contribution is -0.146. The highest BCUT2D eigenvalue weighted by Gasteiger charge is 2.31. The van der Waals surface area contributed by atoms with Crippen LogP contribution in [0.15, 0.2) is 0 Å². The van der Waals surface area contributed by atoms with Crippen molar-refractivity contribution in [3.8, 4) is 0 Å². The first-order valence-electron chi connectivity index (χ1n) is 4.20. The second-order valence-electron chi connectivity index (χ2n) is 2.98. The van der Waals surface area contributed by atoms with Crippen LogP contribution < -0.4 is 0 Å². The average molecular weight is 206 g/mol. The molecule has 0 aromatic carbocycles. The highest BCUT2D eigenvalue weighted by Crippen LogP contribution is 2.19. The van der Waals surface area contributed by atoms with Gasteiger partial charge in [-0.15, -0.1) is 0 Å². The van der Waals surface area contributed by atoms with Gasteiger partial charge >= 0.3 is 11.3 Å². The van der Waals surface area contributed by atoms with Crippen molar-refractivity contribution < 1.29 is 14.3 Å². The lowest BCUT2D eigenvalue weighted by Gasteiger charge is -2.31. The number of hydrogen-bond donors (Lipinski definition) is 0. The molecule has 0 spiro atoms. The lowest BCUT2D eigenvalue weighted by atomic mass is 10.0. The molecule has 1 aliphatic rings. The van der Waals surface area contributed by atoms with Gasteiger partial charge in [-0.05, 0) is 30.9 Å². The van der Waals surface area contributed by atoms with Crippen LogP contribution in [0.2, 0.25) is 0 Å². The smallest absolute Gasteiger partial charge is 0.328 e. The fraction of sp³-hybridized carbons (Fsp3) is 0.750. The molecule has 0 unspecified atom stereocenters. The Labute approximate surface area is 81.8 Å². The quantitative estimate of drug-likeness (QED) is 0.369. The fourth-order valence-electron chi connectivity index (χ4n) is 1.52. The Hall–Kier alpha value is -0.770. The van der Waals surface area contributed by atoms with Gasteiger partial charge in [0.2, 0.25) is 0 Å². The first-order valence-corrected chi connectivity index (χ1v) is 4.58. The number of amides is 1. The number of piperidine rings is 1. The minimum atomic E-state index is -0.574. The number of likely N-dealkylation sites (tertiary alicyclic amines) is 1. The molecule has 1 rings (SSSR count). The second kappa shape index (κ2) is 4.46. The number of hydrogen-bond acceptors (Lipinski definition) is 3. The van der Waals surface area contributed by atoms with Crippen molar-refractivity contribution >= 4 is 22.9 Å². The largest absolute Gasteiger partial charge is 0.467 e. The second-order valence-corrected chi connectivity index (χ2v) is 3.30. The van der Waals surface area contributed by atoms with Crippen LogP contribution in [0.3, 0.4) is 0 Å². The number of methoxy groups -OCH3 is 1. The van der Waals surface area contributed by atoms with Crippen molar-refractivity contribution in [1.29, 1.82) is 0 Å². The van der Waals surface area contributed by atoms with E-state index in [4.69, 9.17) is 11.6 Å². The summed E-state index contributed by atoms with van der Waals surface area (Å²) in [4.78, 5) is 23.5. The molecule has 0 aliphatic carbocycles. The van der Waals surface area contributed by atoms with E-state index < -0.39 is 11.4 Å². The first kappa shape index (κ1) is 10.3. The maximum Gasteiger partial charge on any atom is 0.328 e. The van der Waals surface area contributed by atoms with Gasteiger partial charge in [-0.1, -0.05) is 0 Å². The summed E-state index contributed by atoms with van der Waals surface area (Å²) < 4.78 is 4.58. The van der Waals surface area contributed by atoms with E-state index >= 15 is 0 Å². The standard InChI is InChI=1S/C8H12ClNO3/c1-13-7(11)6-4-2-3-5-10(6)8(9)12/h6H,2-5H2,1H3/t6-/m1/s1. The van der Waals surface area contributed by atoms with Crippen LogP contribution in [0, 0.1) is 0 Å². The van der Waals surface area contributed by atoms with Gasteiger partial charge in [0.1, 0.15) is 6.04 Å². The molecule has 0 saturated carbocycles. The number of ether oxygens (including phenoxy) is 1. The van der Waals surface area contributed by atoms with Crippen LogP contribution in [0.1, 0.15) is 19.3 Å². The van der Waals surface area contributed by atoms with Crippen molar-refractivity contribution in [3.05, 3.63) is 0 Å². The van der Waals surface area contributed by atoms with Crippen molar-refractivity contribution in [2.75, 3.05) is 13.7 Å².